The van der Waals surface area contributed by atoms with Crippen LogP contribution in [0.5, 0.6) is 0 Å². The SMILES string of the molecule is CC(C)(C)C1CCCCC1NC(=O)c1cc(Br)ccc1I. The van der Waals surface area contributed by atoms with Crippen LogP contribution in [-0.2, 0) is 0 Å². The summed E-state index contributed by atoms with van der Waals surface area (Å²) in [5, 5.41) is 3.30. The van der Waals surface area contributed by atoms with Crippen molar-refractivity contribution in [3.8, 4) is 0 Å². The number of hydrogen-bond donors (Lipinski definition) is 1. The Labute approximate surface area is 149 Å². The molecule has 0 spiro atoms. The topological polar surface area (TPSA) is 29.1 Å². The lowest BCUT2D eigenvalue weighted by Crippen LogP contribution is -2.46. The summed E-state index contributed by atoms with van der Waals surface area (Å²) in [4.78, 5) is 12.6. The maximum atomic E-state index is 12.6. The molecule has 116 valence electrons. The molecule has 0 bridgehead atoms. The van der Waals surface area contributed by atoms with Gasteiger partial charge in [0, 0.05) is 14.1 Å². The number of hydrogen-bond acceptors (Lipinski definition) is 1. The summed E-state index contributed by atoms with van der Waals surface area (Å²) < 4.78 is 1.94. The number of rotatable bonds is 2. The van der Waals surface area contributed by atoms with Crippen LogP contribution in [0.2, 0.25) is 0 Å². The first-order valence-electron chi connectivity index (χ1n) is 7.55. The Hall–Kier alpha value is -0.100. The quantitative estimate of drug-likeness (QED) is 0.585. The molecule has 1 aromatic carbocycles. The molecule has 0 radical (unpaired) electrons. The lowest BCUT2D eigenvalue weighted by atomic mass is 9.69. The fourth-order valence-corrected chi connectivity index (χ4v) is 4.20. The van der Waals surface area contributed by atoms with Gasteiger partial charge in [-0.3, -0.25) is 4.79 Å². The van der Waals surface area contributed by atoms with E-state index in [1.807, 2.05) is 18.2 Å². The van der Waals surface area contributed by atoms with Crippen molar-refractivity contribution in [2.45, 2.75) is 52.5 Å². The van der Waals surface area contributed by atoms with Gasteiger partial charge in [0.05, 0.1) is 5.56 Å². The van der Waals surface area contributed by atoms with Gasteiger partial charge in [-0.15, -0.1) is 0 Å². The Morgan fingerprint density at radius 2 is 1.95 bits per heavy atom. The van der Waals surface area contributed by atoms with E-state index >= 15 is 0 Å². The van der Waals surface area contributed by atoms with Gasteiger partial charge in [-0.1, -0.05) is 49.5 Å². The molecule has 0 aliphatic heterocycles. The average molecular weight is 464 g/mol. The average Bonchev–Trinajstić information content (AvgIpc) is 2.41. The second kappa shape index (κ2) is 6.99. The third-order valence-electron chi connectivity index (χ3n) is 4.37. The Morgan fingerprint density at radius 3 is 2.62 bits per heavy atom. The fraction of sp³-hybridized carbons (Fsp3) is 0.588. The standard InChI is InChI=1S/C17H23BrINO/c1-17(2,3)13-6-4-5-7-15(13)20-16(21)12-10-11(18)8-9-14(12)19/h8-10,13,15H,4-7H2,1-3H3,(H,20,21). The maximum absolute atomic E-state index is 12.6. The number of carbonyl (C=O) groups is 1. The first-order chi connectivity index (χ1) is 9.79. The van der Waals surface area contributed by atoms with Crippen LogP contribution < -0.4 is 5.32 Å². The molecule has 21 heavy (non-hydrogen) atoms. The third kappa shape index (κ3) is 4.44. The summed E-state index contributed by atoms with van der Waals surface area (Å²) in [6, 6.07) is 6.14. The molecule has 2 atom stereocenters. The summed E-state index contributed by atoms with van der Waals surface area (Å²) in [7, 11) is 0. The van der Waals surface area contributed by atoms with Crippen LogP contribution in [0.25, 0.3) is 0 Å². The molecule has 2 unspecified atom stereocenters. The summed E-state index contributed by atoms with van der Waals surface area (Å²) in [5.41, 5.74) is 1.01. The number of amides is 1. The molecule has 1 saturated carbocycles. The minimum absolute atomic E-state index is 0.0573. The van der Waals surface area contributed by atoms with Gasteiger partial charge in [-0.25, -0.2) is 0 Å². The Bertz CT molecular complexity index is 524. The molecule has 1 aliphatic carbocycles. The molecule has 0 aromatic heterocycles. The van der Waals surface area contributed by atoms with Crippen molar-refractivity contribution in [1.29, 1.82) is 0 Å². The fourth-order valence-electron chi connectivity index (χ4n) is 3.26. The third-order valence-corrected chi connectivity index (χ3v) is 5.80. The molecule has 2 rings (SSSR count). The van der Waals surface area contributed by atoms with Crippen LogP contribution in [0.15, 0.2) is 22.7 Å². The molecular weight excluding hydrogens is 441 g/mol. The van der Waals surface area contributed by atoms with Crippen molar-refractivity contribution in [3.05, 3.63) is 31.8 Å². The van der Waals surface area contributed by atoms with Gasteiger partial charge >= 0.3 is 0 Å². The van der Waals surface area contributed by atoms with Gasteiger partial charge in [0.1, 0.15) is 0 Å². The first-order valence-corrected chi connectivity index (χ1v) is 9.42. The number of nitrogens with one attached hydrogen (secondary N) is 1. The number of carbonyl (C=O) groups excluding carboxylic acids is 1. The van der Waals surface area contributed by atoms with E-state index < -0.39 is 0 Å². The molecule has 0 heterocycles. The zero-order valence-corrected chi connectivity index (χ0v) is 16.6. The first kappa shape index (κ1) is 17.3. The lowest BCUT2D eigenvalue weighted by Gasteiger charge is -2.40. The Balaban J connectivity index is 2.15. The zero-order valence-electron chi connectivity index (χ0n) is 12.9. The second-order valence-corrected chi connectivity index (χ2v) is 9.04. The Kier molecular flexibility index (Phi) is 5.74. The summed E-state index contributed by atoms with van der Waals surface area (Å²) in [6.45, 7) is 6.85. The molecule has 1 N–H and O–H groups in total. The minimum atomic E-state index is 0.0573. The van der Waals surface area contributed by atoms with E-state index in [2.05, 4.69) is 64.6 Å². The van der Waals surface area contributed by atoms with Crippen molar-refractivity contribution in [3.63, 3.8) is 0 Å². The molecule has 0 saturated heterocycles. The highest BCUT2D eigenvalue weighted by Gasteiger charge is 2.35. The molecule has 1 fully saturated rings. The van der Waals surface area contributed by atoms with Crippen molar-refractivity contribution in [1.82, 2.24) is 5.32 Å². The van der Waals surface area contributed by atoms with Gasteiger partial charge < -0.3 is 5.32 Å². The highest BCUT2D eigenvalue weighted by Crippen LogP contribution is 2.38. The minimum Gasteiger partial charge on any atom is -0.349 e. The van der Waals surface area contributed by atoms with Gasteiger partial charge in [-0.05, 0) is 65.0 Å². The van der Waals surface area contributed by atoms with E-state index in [1.165, 1.54) is 19.3 Å². The van der Waals surface area contributed by atoms with Crippen molar-refractivity contribution < 1.29 is 4.79 Å². The van der Waals surface area contributed by atoms with Crippen LogP contribution in [0.3, 0.4) is 0 Å². The van der Waals surface area contributed by atoms with Gasteiger partial charge in [-0.2, -0.15) is 0 Å². The Morgan fingerprint density at radius 1 is 1.29 bits per heavy atom. The lowest BCUT2D eigenvalue weighted by molar-refractivity contribution is 0.0829. The summed E-state index contributed by atoms with van der Waals surface area (Å²) in [6.07, 6.45) is 4.80. The zero-order chi connectivity index (χ0) is 15.6. The molecule has 4 heteroatoms. The summed E-state index contributed by atoms with van der Waals surface area (Å²) in [5.74, 6) is 0.613. The van der Waals surface area contributed by atoms with Gasteiger partial charge in [0.25, 0.3) is 5.91 Å². The van der Waals surface area contributed by atoms with Gasteiger partial charge in [0.2, 0.25) is 0 Å². The van der Waals surface area contributed by atoms with E-state index in [0.717, 1.165) is 20.0 Å². The second-order valence-electron chi connectivity index (χ2n) is 6.96. The number of halogens is 2. The molecule has 2 nitrogen and oxygen atoms in total. The van der Waals surface area contributed by atoms with E-state index in [4.69, 9.17) is 0 Å². The number of benzene rings is 1. The molecule has 1 amide bonds. The van der Waals surface area contributed by atoms with Crippen LogP contribution in [-0.4, -0.2) is 11.9 Å². The van der Waals surface area contributed by atoms with Crippen molar-refractivity contribution in [2.75, 3.05) is 0 Å². The van der Waals surface area contributed by atoms with Crippen LogP contribution in [0, 0.1) is 14.9 Å². The van der Waals surface area contributed by atoms with Crippen LogP contribution in [0.1, 0.15) is 56.8 Å². The van der Waals surface area contributed by atoms with Gasteiger partial charge in [0.15, 0.2) is 0 Å². The highest BCUT2D eigenvalue weighted by molar-refractivity contribution is 14.1. The monoisotopic (exact) mass is 463 g/mol. The predicted molar refractivity (Wildman–Crippen MR) is 99.5 cm³/mol. The van der Waals surface area contributed by atoms with E-state index in [1.54, 1.807) is 0 Å². The van der Waals surface area contributed by atoms with Crippen LogP contribution in [0.4, 0.5) is 0 Å². The predicted octanol–water partition coefficient (Wildman–Crippen LogP) is 5.39. The van der Waals surface area contributed by atoms with Crippen molar-refractivity contribution in [2.24, 2.45) is 11.3 Å². The molecule has 1 aromatic rings. The normalized spacial score (nSPS) is 22.9. The van der Waals surface area contributed by atoms with E-state index in [9.17, 15) is 4.79 Å². The highest BCUT2D eigenvalue weighted by atomic mass is 127. The maximum Gasteiger partial charge on any atom is 0.252 e. The van der Waals surface area contributed by atoms with E-state index in [0.29, 0.717) is 12.0 Å². The largest absolute Gasteiger partial charge is 0.349 e. The smallest absolute Gasteiger partial charge is 0.252 e. The van der Waals surface area contributed by atoms with Crippen LogP contribution >= 0.6 is 38.5 Å². The van der Waals surface area contributed by atoms with E-state index in [-0.39, 0.29) is 11.3 Å². The molecular formula is C17H23BrINO. The molecule has 1 aliphatic rings. The summed E-state index contributed by atoms with van der Waals surface area (Å²) >= 11 is 5.68. The van der Waals surface area contributed by atoms with Crippen molar-refractivity contribution >= 4 is 44.4 Å².